The van der Waals surface area contributed by atoms with E-state index in [0.29, 0.717) is 5.57 Å². The van der Waals surface area contributed by atoms with Crippen LogP contribution in [-0.2, 0) is 5.41 Å². The third kappa shape index (κ3) is 4.92. The summed E-state index contributed by atoms with van der Waals surface area (Å²) in [5.41, 5.74) is 14.2. The lowest BCUT2D eigenvalue weighted by molar-refractivity contribution is 0.769. The molecule has 8 aromatic carbocycles. The highest BCUT2D eigenvalue weighted by molar-refractivity contribution is 6.10. The van der Waals surface area contributed by atoms with E-state index in [1.807, 2.05) is 13.0 Å². The summed E-state index contributed by atoms with van der Waals surface area (Å²) < 4.78 is 0. The zero-order chi connectivity index (χ0) is 35.2. The van der Waals surface area contributed by atoms with Crippen LogP contribution in [0.25, 0.3) is 60.5 Å². The van der Waals surface area contributed by atoms with E-state index in [-0.39, 0.29) is 0 Å². The molecule has 0 fully saturated rings. The Morgan fingerprint density at radius 2 is 1.12 bits per heavy atom. The van der Waals surface area contributed by atoms with Crippen molar-refractivity contribution < 1.29 is 0 Å². The summed E-state index contributed by atoms with van der Waals surface area (Å²) in [6, 6.07) is 66.7. The van der Waals surface area contributed by atoms with Gasteiger partial charge in [0.05, 0.1) is 11.5 Å². The highest BCUT2D eigenvalue weighted by Crippen LogP contribution is 2.59. The molecular weight excluding hydrogens is 627 g/mol. The minimum absolute atomic E-state index is 0.563. The largest absolute Gasteiger partial charge is 0.193 e. The van der Waals surface area contributed by atoms with Crippen molar-refractivity contribution in [2.45, 2.75) is 12.3 Å². The van der Waals surface area contributed by atoms with Crippen LogP contribution in [0.15, 0.2) is 194 Å². The molecule has 0 spiro atoms. The number of hydrogen-bond acceptors (Lipinski definition) is 1. The van der Waals surface area contributed by atoms with Gasteiger partial charge < -0.3 is 0 Å². The summed E-state index contributed by atoms with van der Waals surface area (Å²) in [6.07, 6.45) is 1.84. The van der Waals surface area contributed by atoms with Crippen molar-refractivity contribution in [3.63, 3.8) is 0 Å². The molecule has 9 rings (SSSR count). The van der Waals surface area contributed by atoms with Crippen LogP contribution in [0.3, 0.4) is 0 Å². The van der Waals surface area contributed by atoms with Gasteiger partial charge in [0.25, 0.3) is 0 Å². The Kier molecular flexibility index (Phi) is 7.53. The Morgan fingerprint density at radius 1 is 0.538 bits per heavy atom. The number of rotatable bonds is 6. The van der Waals surface area contributed by atoms with Crippen LogP contribution in [0.5, 0.6) is 0 Å². The highest BCUT2D eigenvalue weighted by atomic mass is 14.5. The van der Waals surface area contributed by atoms with Crippen LogP contribution >= 0.6 is 0 Å². The summed E-state index contributed by atoms with van der Waals surface area (Å²) in [4.78, 5) is 0. The molecule has 1 nitrogen and oxygen atoms in total. The van der Waals surface area contributed by atoms with E-state index in [1.54, 1.807) is 0 Å². The van der Waals surface area contributed by atoms with E-state index in [1.165, 1.54) is 71.6 Å². The second-order valence-corrected chi connectivity index (χ2v) is 13.7. The third-order valence-corrected chi connectivity index (χ3v) is 10.8. The van der Waals surface area contributed by atoms with E-state index >= 15 is 0 Å². The van der Waals surface area contributed by atoms with Crippen molar-refractivity contribution in [3.8, 4) is 39.4 Å². The smallest absolute Gasteiger partial charge is 0.0944 e. The summed E-state index contributed by atoms with van der Waals surface area (Å²) in [5, 5.41) is 14.3. The molecule has 0 bridgehead atoms. The van der Waals surface area contributed by atoms with Crippen LogP contribution < -0.4 is 0 Å². The van der Waals surface area contributed by atoms with Gasteiger partial charge in [0.15, 0.2) is 0 Å². The molecule has 0 radical (unpaired) electrons. The van der Waals surface area contributed by atoms with Crippen molar-refractivity contribution in [1.82, 2.24) is 0 Å². The number of allylic oxidation sites excluding steroid dienone is 3. The van der Waals surface area contributed by atoms with Gasteiger partial charge in [-0.15, -0.1) is 0 Å². The van der Waals surface area contributed by atoms with Crippen LogP contribution in [0.2, 0.25) is 0 Å². The average molecular weight is 662 g/mol. The first-order valence-electron chi connectivity index (χ1n) is 17.8. The summed E-state index contributed by atoms with van der Waals surface area (Å²) in [5.74, 6) is 0. The van der Waals surface area contributed by atoms with Crippen molar-refractivity contribution >= 4 is 27.1 Å². The average Bonchev–Trinajstić information content (AvgIpc) is 3.51. The number of nitrogens with zero attached hydrogens (tertiary/aromatic N) is 1. The Hall–Kier alpha value is -6.75. The fourth-order valence-electron chi connectivity index (χ4n) is 8.37. The third-order valence-electron chi connectivity index (χ3n) is 10.8. The molecule has 0 aromatic heterocycles. The molecule has 1 aliphatic rings. The predicted molar refractivity (Wildman–Crippen MR) is 218 cm³/mol. The lowest BCUT2D eigenvalue weighted by atomic mass is 9.67. The topological polar surface area (TPSA) is 23.8 Å². The Balaban J connectivity index is 1.34. The molecule has 0 aliphatic heterocycles. The molecule has 52 heavy (non-hydrogen) atoms. The molecule has 244 valence electrons. The molecular formula is C51H35N. The highest BCUT2D eigenvalue weighted by Gasteiger charge is 2.47. The summed E-state index contributed by atoms with van der Waals surface area (Å²) in [7, 11) is 0. The zero-order valence-corrected chi connectivity index (χ0v) is 29.0. The molecule has 0 saturated heterocycles. The molecule has 8 aromatic rings. The fourth-order valence-corrected chi connectivity index (χ4v) is 8.37. The summed E-state index contributed by atoms with van der Waals surface area (Å²) in [6.45, 7) is 6.05. The number of fused-ring (bicyclic) bond motifs is 6. The van der Waals surface area contributed by atoms with Gasteiger partial charge in [0.1, 0.15) is 0 Å². The molecule has 0 amide bonds. The van der Waals surface area contributed by atoms with Crippen LogP contribution in [0, 0.1) is 11.3 Å². The van der Waals surface area contributed by atoms with Gasteiger partial charge in [-0.2, -0.15) is 5.26 Å². The second kappa shape index (κ2) is 12.5. The molecule has 0 heterocycles. The molecule has 0 atom stereocenters. The fraction of sp³-hybridized carbons (Fsp3) is 0.0392. The standard InChI is InChI=1S/C51H35N/c1-34(33-52)29-35(2)36-21-24-38(25-22-36)47-32-49-50(45-20-12-11-19-44(45)47)46-28-27-41(40-26-23-37-13-9-10-14-39(37)30-40)31-48(46)51(49,42-15-5-3-6-16-42)43-17-7-4-8-18-43/h3-32H,2H2,1H3/b34-29+. The van der Waals surface area contributed by atoms with Crippen LogP contribution in [-0.4, -0.2) is 0 Å². The van der Waals surface area contributed by atoms with E-state index in [9.17, 15) is 5.26 Å². The number of nitriles is 1. The first kappa shape index (κ1) is 31.2. The molecule has 0 saturated carbocycles. The van der Waals surface area contributed by atoms with Gasteiger partial charge >= 0.3 is 0 Å². The lowest BCUT2D eigenvalue weighted by Gasteiger charge is -2.34. The van der Waals surface area contributed by atoms with Crippen LogP contribution in [0.4, 0.5) is 0 Å². The zero-order valence-electron chi connectivity index (χ0n) is 29.0. The predicted octanol–water partition coefficient (Wildman–Crippen LogP) is 13.2. The van der Waals surface area contributed by atoms with Gasteiger partial charge in [-0.05, 0) is 120 Å². The minimum atomic E-state index is -0.563. The Labute approximate surface area is 305 Å². The monoisotopic (exact) mass is 661 g/mol. The van der Waals surface area contributed by atoms with E-state index in [4.69, 9.17) is 0 Å². The number of benzene rings is 8. The van der Waals surface area contributed by atoms with E-state index in [2.05, 4.69) is 189 Å². The van der Waals surface area contributed by atoms with Gasteiger partial charge in [-0.1, -0.05) is 164 Å². The molecule has 1 heteroatoms. The van der Waals surface area contributed by atoms with Crippen LogP contribution in [0.1, 0.15) is 34.7 Å². The van der Waals surface area contributed by atoms with Crippen molar-refractivity contribution in [2.24, 2.45) is 0 Å². The first-order valence-corrected chi connectivity index (χ1v) is 17.8. The lowest BCUT2D eigenvalue weighted by Crippen LogP contribution is -2.28. The molecule has 0 N–H and O–H groups in total. The van der Waals surface area contributed by atoms with Crippen molar-refractivity contribution in [2.75, 3.05) is 0 Å². The maximum Gasteiger partial charge on any atom is 0.0944 e. The van der Waals surface area contributed by atoms with E-state index < -0.39 is 5.41 Å². The van der Waals surface area contributed by atoms with Gasteiger partial charge in [-0.25, -0.2) is 0 Å². The van der Waals surface area contributed by atoms with Crippen molar-refractivity contribution in [3.05, 3.63) is 222 Å². The number of hydrogen-bond donors (Lipinski definition) is 0. The summed E-state index contributed by atoms with van der Waals surface area (Å²) >= 11 is 0. The quantitative estimate of drug-likeness (QED) is 0.128. The second-order valence-electron chi connectivity index (χ2n) is 13.7. The Bertz CT molecular complexity index is 2700. The minimum Gasteiger partial charge on any atom is -0.193 e. The Morgan fingerprint density at radius 3 is 1.81 bits per heavy atom. The maximum atomic E-state index is 9.32. The maximum absolute atomic E-state index is 9.32. The van der Waals surface area contributed by atoms with Gasteiger partial charge in [0, 0.05) is 5.57 Å². The molecule has 1 aliphatic carbocycles. The van der Waals surface area contributed by atoms with Gasteiger partial charge in [-0.3, -0.25) is 0 Å². The SMILES string of the molecule is C=C(/C=C(\C)C#N)c1ccc(-c2cc3c(c4ccccc24)-c2ccc(-c4ccc5ccccc5c4)cc2C3(c2ccccc2)c2ccccc2)cc1. The van der Waals surface area contributed by atoms with Gasteiger partial charge in [0.2, 0.25) is 0 Å². The first-order chi connectivity index (χ1) is 25.6. The van der Waals surface area contributed by atoms with Crippen molar-refractivity contribution in [1.29, 1.82) is 5.26 Å². The normalized spacial score (nSPS) is 13.0. The molecule has 0 unspecified atom stereocenters. The van der Waals surface area contributed by atoms with E-state index in [0.717, 1.165) is 16.7 Å².